The van der Waals surface area contributed by atoms with Crippen molar-refractivity contribution >= 4 is 11.9 Å². The highest BCUT2D eigenvalue weighted by Gasteiger charge is 2.20. The van der Waals surface area contributed by atoms with Crippen LogP contribution in [0.4, 0.5) is 0 Å². The predicted molar refractivity (Wildman–Crippen MR) is 60.2 cm³/mol. The van der Waals surface area contributed by atoms with Gasteiger partial charge in [-0.15, -0.1) is 0 Å². The molecular weight excluding hydrogens is 240 g/mol. The Bertz CT molecular complexity index is 418. The van der Waals surface area contributed by atoms with Gasteiger partial charge in [-0.3, -0.25) is 9.59 Å². The molecule has 1 N–H and O–H groups in total. The first kappa shape index (κ1) is 13.9. The van der Waals surface area contributed by atoms with E-state index >= 15 is 0 Å². The summed E-state index contributed by atoms with van der Waals surface area (Å²) in [5.74, 6) is -1.99. The summed E-state index contributed by atoms with van der Waals surface area (Å²) in [4.78, 5) is 29.7. The van der Waals surface area contributed by atoms with E-state index in [0.717, 1.165) is 0 Å². The Balaban J connectivity index is 2.86. The lowest BCUT2D eigenvalue weighted by atomic mass is 9.95. The SMILES string of the molecule is COC(=O)C[C@H](CC(=O)O)c1cnc(OC)nc1. The van der Waals surface area contributed by atoms with Gasteiger partial charge in [-0.2, -0.15) is 0 Å². The molecule has 18 heavy (non-hydrogen) atoms. The third kappa shape index (κ3) is 4.00. The molecular formula is C11H14N2O5. The lowest BCUT2D eigenvalue weighted by Gasteiger charge is -2.13. The minimum absolute atomic E-state index is 0.0293. The van der Waals surface area contributed by atoms with Crippen molar-refractivity contribution in [2.45, 2.75) is 18.8 Å². The van der Waals surface area contributed by atoms with Gasteiger partial charge in [0, 0.05) is 18.3 Å². The molecule has 0 aliphatic heterocycles. The van der Waals surface area contributed by atoms with E-state index in [1.807, 2.05) is 0 Å². The molecule has 7 heteroatoms. The zero-order chi connectivity index (χ0) is 13.5. The van der Waals surface area contributed by atoms with E-state index in [-0.39, 0.29) is 18.9 Å². The van der Waals surface area contributed by atoms with E-state index in [0.29, 0.717) is 5.56 Å². The molecule has 0 aromatic carbocycles. The van der Waals surface area contributed by atoms with Crippen molar-refractivity contribution in [3.8, 4) is 6.01 Å². The molecule has 0 saturated heterocycles. The molecule has 1 rings (SSSR count). The van der Waals surface area contributed by atoms with Gasteiger partial charge in [-0.1, -0.05) is 0 Å². The molecule has 98 valence electrons. The quantitative estimate of drug-likeness (QED) is 0.742. The topological polar surface area (TPSA) is 98.6 Å². The van der Waals surface area contributed by atoms with Gasteiger partial charge < -0.3 is 14.6 Å². The van der Waals surface area contributed by atoms with Crippen LogP contribution in [0.15, 0.2) is 12.4 Å². The first-order chi connectivity index (χ1) is 8.56. The largest absolute Gasteiger partial charge is 0.481 e. The van der Waals surface area contributed by atoms with Gasteiger partial charge in [0.05, 0.1) is 27.1 Å². The second kappa shape index (κ2) is 6.53. The van der Waals surface area contributed by atoms with E-state index in [4.69, 9.17) is 9.84 Å². The van der Waals surface area contributed by atoms with Crippen molar-refractivity contribution < 1.29 is 24.2 Å². The molecule has 0 radical (unpaired) electrons. The zero-order valence-corrected chi connectivity index (χ0v) is 10.1. The lowest BCUT2D eigenvalue weighted by molar-refractivity contribution is -0.141. The number of ether oxygens (including phenoxy) is 2. The van der Waals surface area contributed by atoms with Gasteiger partial charge in [-0.25, -0.2) is 9.97 Å². The zero-order valence-electron chi connectivity index (χ0n) is 10.1. The lowest BCUT2D eigenvalue weighted by Crippen LogP contribution is -2.13. The molecule has 1 aromatic heterocycles. The Morgan fingerprint density at radius 2 is 1.89 bits per heavy atom. The van der Waals surface area contributed by atoms with Crippen molar-refractivity contribution in [1.82, 2.24) is 9.97 Å². The Morgan fingerprint density at radius 1 is 1.28 bits per heavy atom. The molecule has 0 spiro atoms. The van der Waals surface area contributed by atoms with E-state index in [1.54, 1.807) is 0 Å². The number of methoxy groups -OCH3 is 2. The molecule has 0 amide bonds. The van der Waals surface area contributed by atoms with E-state index in [9.17, 15) is 9.59 Å². The van der Waals surface area contributed by atoms with Crippen LogP contribution in [0, 0.1) is 0 Å². The minimum Gasteiger partial charge on any atom is -0.481 e. The predicted octanol–water partition coefficient (Wildman–Crippen LogP) is 0.607. The second-order valence-electron chi connectivity index (χ2n) is 3.58. The summed E-state index contributed by atoms with van der Waals surface area (Å²) >= 11 is 0. The van der Waals surface area contributed by atoms with Gasteiger partial charge >= 0.3 is 17.9 Å². The fourth-order valence-electron chi connectivity index (χ4n) is 1.45. The maximum absolute atomic E-state index is 11.2. The number of nitrogens with zero attached hydrogens (tertiary/aromatic N) is 2. The molecule has 0 aliphatic carbocycles. The standard InChI is InChI=1S/C11H14N2O5/c1-17-10(16)4-7(3-9(14)15)8-5-12-11(18-2)13-6-8/h5-7H,3-4H2,1-2H3,(H,14,15)/t7-/m0/s1. The highest BCUT2D eigenvalue weighted by molar-refractivity contribution is 5.73. The van der Waals surface area contributed by atoms with Gasteiger partial charge in [0.1, 0.15) is 0 Å². The maximum Gasteiger partial charge on any atom is 0.316 e. The number of aliphatic carboxylic acids is 1. The molecule has 1 atom stereocenters. The molecule has 1 heterocycles. The molecule has 0 bridgehead atoms. The van der Waals surface area contributed by atoms with Crippen molar-refractivity contribution in [3.63, 3.8) is 0 Å². The summed E-state index contributed by atoms with van der Waals surface area (Å²) < 4.78 is 9.33. The Morgan fingerprint density at radius 3 is 2.33 bits per heavy atom. The van der Waals surface area contributed by atoms with Gasteiger partial charge in [0.25, 0.3) is 0 Å². The van der Waals surface area contributed by atoms with Crippen LogP contribution in [0.3, 0.4) is 0 Å². The summed E-state index contributed by atoms with van der Waals surface area (Å²) in [7, 11) is 2.68. The minimum atomic E-state index is -1.00. The van der Waals surface area contributed by atoms with Crippen LogP contribution in [0.5, 0.6) is 6.01 Å². The fraction of sp³-hybridized carbons (Fsp3) is 0.455. The van der Waals surface area contributed by atoms with Gasteiger partial charge in [-0.05, 0) is 5.56 Å². The average Bonchev–Trinajstić information content (AvgIpc) is 2.37. The van der Waals surface area contributed by atoms with Crippen LogP contribution in [0.25, 0.3) is 0 Å². The van der Waals surface area contributed by atoms with E-state index in [1.165, 1.54) is 26.6 Å². The Kier molecular flexibility index (Phi) is 5.04. The Hall–Kier alpha value is -2.18. The summed E-state index contributed by atoms with van der Waals surface area (Å²) in [5, 5.41) is 8.81. The maximum atomic E-state index is 11.2. The van der Waals surface area contributed by atoms with Crippen LogP contribution in [-0.2, 0) is 14.3 Å². The first-order valence-corrected chi connectivity index (χ1v) is 5.21. The molecule has 1 aromatic rings. The summed E-state index contributed by atoms with van der Waals surface area (Å²) in [5.41, 5.74) is 0.559. The van der Waals surface area contributed by atoms with Gasteiger partial charge in [0.15, 0.2) is 0 Å². The van der Waals surface area contributed by atoms with E-state index in [2.05, 4.69) is 14.7 Å². The molecule has 0 unspecified atom stereocenters. The van der Waals surface area contributed by atoms with Crippen molar-refractivity contribution in [3.05, 3.63) is 18.0 Å². The summed E-state index contributed by atoms with van der Waals surface area (Å²) in [6.45, 7) is 0. The number of rotatable bonds is 6. The number of carboxylic acids is 1. The summed E-state index contributed by atoms with van der Waals surface area (Å²) in [6.07, 6.45) is 2.67. The van der Waals surface area contributed by atoms with Crippen LogP contribution in [-0.4, -0.2) is 41.2 Å². The average molecular weight is 254 g/mol. The van der Waals surface area contributed by atoms with Crippen molar-refractivity contribution in [2.75, 3.05) is 14.2 Å². The number of carbonyl (C=O) groups excluding carboxylic acids is 1. The first-order valence-electron chi connectivity index (χ1n) is 5.21. The monoisotopic (exact) mass is 254 g/mol. The number of hydrogen-bond donors (Lipinski definition) is 1. The van der Waals surface area contributed by atoms with Crippen LogP contribution >= 0.6 is 0 Å². The second-order valence-corrected chi connectivity index (χ2v) is 3.58. The van der Waals surface area contributed by atoms with Crippen molar-refractivity contribution in [1.29, 1.82) is 0 Å². The molecule has 0 saturated carbocycles. The van der Waals surface area contributed by atoms with Crippen LogP contribution in [0.2, 0.25) is 0 Å². The summed E-state index contributed by atoms with van der Waals surface area (Å²) in [6, 6.07) is 0.186. The van der Waals surface area contributed by atoms with E-state index < -0.39 is 17.9 Å². The fourth-order valence-corrected chi connectivity index (χ4v) is 1.45. The number of aromatic nitrogens is 2. The normalized spacial score (nSPS) is 11.7. The van der Waals surface area contributed by atoms with Crippen LogP contribution in [0.1, 0.15) is 24.3 Å². The van der Waals surface area contributed by atoms with Crippen molar-refractivity contribution in [2.24, 2.45) is 0 Å². The number of carbonyl (C=O) groups is 2. The number of hydrogen-bond acceptors (Lipinski definition) is 6. The van der Waals surface area contributed by atoms with Gasteiger partial charge in [0.2, 0.25) is 0 Å². The number of esters is 1. The Labute approximate surface area is 104 Å². The number of carboxylic acid groups (broad SMARTS) is 1. The highest BCUT2D eigenvalue weighted by atomic mass is 16.5. The molecule has 7 nitrogen and oxygen atoms in total. The molecule has 0 aliphatic rings. The molecule has 0 fully saturated rings. The third-order valence-corrected chi connectivity index (χ3v) is 2.36. The smallest absolute Gasteiger partial charge is 0.316 e. The third-order valence-electron chi connectivity index (χ3n) is 2.36. The van der Waals surface area contributed by atoms with Crippen LogP contribution < -0.4 is 4.74 Å². The highest BCUT2D eigenvalue weighted by Crippen LogP contribution is 2.23.